The van der Waals surface area contributed by atoms with E-state index < -0.39 is 17.6 Å². The quantitative estimate of drug-likeness (QED) is 0.136. The summed E-state index contributed by atoms with van der Waals surface area (Å²) in [6.07, 6.45) is 4.37. The molecule has 5 aromatic heterocycles. The van der Waals surface area contributed by atoms with Gasteiger partial charge in [-0.3, -0.25) is 9.72 Å². The molecule has 1 saturated carbocycles. The number of hydrogen-bond donors (Lipinski definition) is 3. The van der Waals surface area contributed by atoms with Crippen molar-refractivity contribution in [1.29, 1.82) is 0 Å². The molecule has 1 saturated heterocycles. The number of pyridine rings is 1. The van der Waals surface area contributed by atoms with Crippen LogP contribution in [0.3, 0.4) is 0 Å². The summed E-state index contributed by atoms with van der Waals surface area (Å²) in [5, 5.41) is 13.2. The van der Waals surface area contributed by atoms with Crippen molar-refractivity contribution in [1.82, 2.24) is 34.0 Å². The molecule has 0 unspecified atom stereocenters. The maximum Gasteiger partial charge on any atom is 0.401 e. The second-order valence-electron chi connectivity index (χ2n) is 13.4. The Labute approximate surface area is 301 Å². The minimum Gasteiger partial charge on any atom is -0.497 e. The van der Waals surface area contributed by atoms with Crippen LogP contribution in [0.5, 0.6) is 11.5 Å². The summed E-state index contributed by atoms with van der Waals surface area (Å²) < 4.78 is 60.8. The standard InChI is InChI=1S/C36H37F3N10O4/c1-47-13-8-22(9-14-47)49-19-24(30-31(42-20-43-33(30)49)41-18-21-4-5-23(51-2)16-27(21)52-3)26-7-6-25(32-40-12-15-48(26)32)44-34(50)45-29-17-28(53-46-29)35(10-11-35)36(37,38)39/h4-7,12,15-17,19-20,22H,8-11,13-14,18H2,1-3H3,(H,41,42,43)(H2,44,45,46,50). The second kappa shape index (κ2) is 13.3. The van der Waals surface area contributed by atoms with Crippen molar-refractivity contribution in [2.24, 2.45) is 0 Å². The SMILES string of the molecule is COc1ccc(CNc2ncnc3c2c(-c2ccc(NC(=O)Nc4cc(C5(C(F)(F)F)CC5)on4)c4nccn24)cn3C2CCN(C)CC2)c(OC)c1. The number of imidazole rings is 1. The molecule has 3 N–H and O–H groups in total. The Morgan fingerprint density at radius 1 is 1.02 bits per heavy atom. The fourth-order valence-electron chi connectivity index (χ4n) is 7.10. The van der Waals surface area contributed by atoms with Crippen molar-refractivity contribution in [3.8, 4) is 22.8 Å². The summed E-state index contributed by atoms with van der Waals surface area (Å²) in [5.74, 6) is 1.55. The van der Waals surface area contributed by atoms with Gasteiger partial charge in [-0.15, -0.1) is 0 Å². The summed E-state index contributed by atoms with van der Waals surface area (Å²) in [6.45, 7) is 2.33. The first kappa shape index (κ1) is 34.3. The highest BCUT2D eigenvalue weighted by Crippen LogP contribution is 2.59. The molecule has 6 aromatic rings. The third-order valence-corrected chi connectivity index (χ3v) is 10.2. The fraction of sp³-hybridized carbons (Fsp3) is 0.361. The van der Waals surface area contributed by atoms with Crippen LogP contribution >= 0.6 is 0 Å². The number of benzene rings is 1. The minimum atomic E-state index is -4.47. The van der Waals surface area contributed by atoms with E-state index in [0.29, 0.717) is 35.2 Å². The molecule has 2 fully saturated rings. The highest BCUT2D eigenvalue weighted by Gasteiger charge is 2.67. The molecule has 0 spiro atoms. The lowest BCUT2D eigenvalue weighted by molar-refractivity contribution is -0.165. The number of alkyl halides is 3. The van der Waals surface area contributed by atoms with Gasteiger partial charge in [0.15, 0.2) is 17.2 Å². The Morgan fingerprint density at radius 3 is 2.57 bits per heavy atom. The number of methoxy groups -OCH3 is 2. The first-order valence-electron chi connectivity index (χ1n) is 17.2. The molecule has 2 amide bonds. The number of aromatic nitrogens is 6. The van der Waals surface area contributed by atoms with Crippen LogP contribution in [0.2, 0.25) is 0 Å². The maximum absolute atomic E-state index is 13.6. The number of carbonyl (C=O) groups is 1. The van der Waals surface area contributed by atoms with Crippen molar-refractivity contribution in [2.75, 3.05) is 50.3 Å². The maximum atomic E-state index is 13.6. The number of nitrogens with zero attached hydrogens (tertiary/aromatic N) is 7. The molecule has 6 heterocycles. The molecular formula is C36H37F3N10O4. The molecule has 276 valence electrons. The Morgan fingerprint density at radius 2 is 1.83 bits per heavy atom. The lowest BCUT2D eigenvalue weighted by Gasteiger charge is -2.30. The molecule has 1 aliphatic carbocycles. The number of hydrogen-bond acceptors (Lipinski definition) is 10. The Kier molecular flexibility index (Phi) is 8.59. The van der Waals surface area contributed by atoms with E-state index in [4.69, 9.17) is 24.0 Å². The minimum absolute atomic E-state index is 0.0840. The van der Waals surface area contributed by atoms with Gasteiger partial charge in [-0.05, 0) is 70.1 Å². The number of urea groups is 1. The van der Waals surface area contributed by atoms with Crippen molar-refractivity contribution in [2.45, 2.75) is 49.9 Å². The van der Waals surface area contributed by atoms with E-state index in [0.717, 1.165) is 59.9 Å². The topological polar surface area (TPSA) is 149 Å². The van der Waals surface area contributed by atoms with Gasteiger partial charge in [0.25, 0.3) is 0 Å². The van der Waals surface area contributed by atoms with Crippen LogP contribution in [-0.4, -0.2) is 80.5 Å². The third-order valence-electron chi connectivity index (χ3n) is 10.2. The highest BCUT2D eigenvalue weighted by atomic mass is 19.4. The number of nitrogens with one attached hydrogen (secondary N) is 3. The second-order valence-corrected chi connectivity index (χ2v) is 13.4. The Bertz CT molecular complexity index is 2300. The molecule has 1 aromatic carbocycles. The van der Waals surface area contributed by atoms with Gasteiger partial charge in [-0.1, -0.05) is 5.16 Å². The number of carbonyl (C=O) groups excluding carboxylic acids is 1. The molecule has 1 aliphatic heterocycles. The molecule has 17 heteroatoms. The van der Waals surface area contributed by atoms with E-state index in [1.54, 1.807) is 39.0 Å². The number of anilines is 3. The van der Waals surface area contributed by atoms with E-state index in [2.05, 4.69) is 48.8 Å². The van der Waals surface area contributed by atoms with E-state index in [9.17, 15) is 18.0 Å². The van der Waals surface area contributed by atoms with E-state index in [1.807, 2.05) is 28.7 Å². The van der Waals surface area contributed by atoms with Gasteiger partial charge >= 0.3 is 12.2 Å². The summed E-state index contributed by atoms with van der Waals surface area (Å²) in [6, 6.07) is 9.88. The molecule has 8 rings (SSSR count). The predicted molar refractivity (Wildman–Crippen MR) is 190 cm³/mol. The summed E-state index contributed by atoms with van der Waals surface area (Å²) in [4.78, 5) is 29.4. The number of rotatable bonds is 10. The number of fused-ring (bicyclic) bond motifs is 2. The van der Waals surface area contributed by atoms with Crippen LogP contribution in [0, 0.1) is 0 Å². The predicted octanol–water partition coefficient (Wildman–Crippen LogP) is 6.87. The van der Waals surface area contributed by atoms with Crippen LogP contribution < -0.4 is 25.4 Å². The van der Waals surface area contributed by atoms with Crippen molar-refractivity contribution < 1.29 is 32.0 Å². The summed E-state index contributed by atoms with van der Waals surface area (Å²) >= 11 is 0. The van der Waals surface area contributed by atoms with E-state index in [-0.39, 0.29) is 30.5 Å². The van der Waals surface area contributed by atoms with Gasteiger partial charge in [0, 0.05) is 54.4 Å². The fourth-order valence-corrected chi connectivity index (χ4v) is 7.10. The molecule has 0 bridgehead atoms. The zero-order valence-corrected chi connectivity index (χ0v) is 29.2. The lowest BCUT2D eigenvalue weighted by Crippen LogP contribution is -2.31. The van der Waals surface area contributed by atoms with Crippen LogP contribution in [0.4, 0.5) is 35.3 Å². The summed E-state index contributed by atoms with van der Waals surface area (Å²) in [7, 11) is 5.35. The molecule has 53 heavy (non-hydrogen) atoms. The molecular weight excluding hydrogens is 693 g/mol. The lowest BCUT2D eigenvalue weighted by atomic mass is 10.0. The van der Waals surface area contributed by atoms with Crippen molar-refractivity contribution in [3.05, 3.63) is 72.6 Å². The van der Waals surface area contributed by atoms with Crippen LogP contribution in [0.15, 0.2) is 65.8 Å². The zero-order valence-electron chi connectivity index (χ0n) is 29.2. The Hall–Kier alpha value is -5.84. The normalized spacial score (nSPS) is 16.2. The zero-order chi connectivity index (χ0) is 36.9. The van der Waals surface area contributed by atoms with Gasteiger partial charge < -0.3 is 34.1 Å². The number of piperidine rings is 1. The van der Waals surface area contributed by atoms with Crippen LogP contribution in [0.25, 0.3) is 27.9 Å². The molecule has 2 aliphatic rings. The molecule has 0 radical (unpaired) electrons. The number of ether oxygens (including phenoxy) is 2. The van der Waals surface area contributed by atoms with Crippen LogP contribution in [0.1, 0.15) is 43.0 Å². The first-order valence-corrected chi connectivity index (χ1v) is 17.2. The number of amides is 2. The number of likely N-dealkylation sites (tertiary alicyclic amines) is 1. The smallest absolute Gasteiger partial charge is 0.401 e. The van der Waals surface area contributed by atoms with Gasteiger partial charge in [0.05, 0.1) is 31.0 Å². The van der Waals surface area contributed by atoms with E-state index >= 15 is 0 Å². The van der Waals surface area contributed by atoms with Gasteiger partial charge in [0.1, 0.15) is 34.7 Å². The van der Waals surface area contributed by atoms with Crippen molar-refractivity contribution >= 4 is 40.0 Å². The van der Waals surface area contributed by atoms with Crippen molar-refractivity contribution in [3.63, 3.8) is 0 Å². The first-order chi connectivity index (χ1) is 25.6. The van der Waals surface area contributed by atoms with Gasteiger partial charge in [0.2, 0.25) is 0 Å². The highest BCUT2D eigenvalue weighted by molar-refractivity contribution is 6.03. The third kappa shape index (κ3) is 6.23. The average Bonchev–Trinajstić information content (AvgIpc) is 3.44. The Balaban J connectivity index is 1.12. The largest absolute Gasteiger partial charge is 0.497 e. The number of halogens is 3. The average molecular weight is 731 g/mol. The van der Waals surface area contributed by atoms with Gasteiger partial charge in [-0.25, -0.2) is 19.7 Å². The monoisotopic (exact) mass is 730 g/mol. The molecule has 0 atom stereocenters. The van der Waals surface area contributed by atoms with Crippen LogP contribution in [-0.2, 0) is 12.0 Å². The van der Waals surface area contributed by atoms with E-state index in [1.165, 1.54) is 0 Å². The summed E-state index contributed by atoms with van der Waals surface area (Å²) in [5.41, 5.74) is 2.11. The van der Waals surface area contributed by atoms with Gasteiger partial charge in [-0.2, -0.15) is 13.2 Å². The molecule has 14 nitrogen and oxygen atoms in total.